The molecular formula is C19H15N3O5S2. The van der Waals surface area contributed by atoms with Crippen LogP contribution < -0.4 is 20.1 Å². The Morgan fingerprint density at radius 1 is 1.07 bits per heavy atom. The van der Waals surface area contributed by atoms with Crippen LogP contribution in [0.1, 0.15) is 10.4 Å². The summed E-state index contributed by atoms with van der Waals surface area (Å²) in [4.78, 5) is 23.9. The number of nitrogens with one attached hydrogen (secondary N) is 3. The summed E-state index contributed by atoms with van der Waals surface area (Å²) in [7, 11) is -3.64. The van der Waals surface area contributed by atoms with Crippen LogP contribution in [0.4, 0.5) is 17.1 Å². The van der Waals surface area contributed by atoms with Crippen LogP contribution in [0.5, 0.6) is 5.75 Å². The van der Waals surface area contributed by atoms with E-state index in [1.807, 2.05) is 0 Å². The van der Waals surface area contributed by atoms with Gasteiger partial charge in [0.2, 0.25) is 0 Å². The van der Waals surface area contributed by atoms with Gasteiger partial charge in [0.1, 0.15) is 9.96 Å². The van der Waals surface area contributed by atoms with Gasteiger partial charge in [0.05, 0.1) is 5.69 Å². The van der Waals surface area contributed by atoms with E-state index in [-0.39, 0.29) is 22.6 Å². The van der Waals surface area contributed by atoms with Gasteiger partial charge < -0.3 is 15.4 Å². The minimum Gasteiger partial charge on any atom is -0.482 e. The van der Waals surface area contributed by atoms with Crippen LogP contribution in [0.3, 0.4) is 0 Å². The lowest BCUT2D eigenvalue weighted by atomic mass is 10.2. The molecule has 0 aliphatic carbocycles. The predicted octanol–water partition coefficient (Wildman–Crippen LogP) is 3.13. The average Bonchev–Trinajstić information content (AvgIpc) is 3.24. The van der Waals surface area contributed by atoms with Crippen molar-refractivity contribution in [1.29, 1.82) is 0 Å². The summed E-state index contributed by atoms with van der Waals surface area (Å²) >= 11 is 1.12. The van der Waals surface area contributed by atoms with Crippen molar-refractivity contribution in [2.45, 2.75) is 4.21 Å². The fourth-order valence-electron chi connectivity index (χ4n) is 2.68. The summed E-state index contributed by atoms with van der Waals surface area (Å²) in [5, 5.41) is 7.09. The first-order valence-electron chi connectivity index (χ1n) is 8.45. The second kappa shape index (κ2) is 7.57. The molecule has 2 heterocycles. The molecule has 3 aromatic rings. The van der Waals surface area contributed by atoms with Crippen molar-refractivity contribution in [3.8, 4) is 5.75 Å². The van der Waals surface area contributed by atoms with E-state index in [0.717, 1.165) is 11.3 Å². The largest absolute Gasteiger partial charge is 0.482 e. The summed E-state index contributed by atoms with van der Waals surface area (Å²) in [5.41, 5.74) is 1.67. The summed E-state index contributed by atoms with van der Waals surface area (Å²) < 4.78 is 32.4. The Morgan fingerprint density at radius 2 is 1.83 bits per heavy atom. The molecule has 1 aromatic heterocycles. The van der Waals surface area contributed by atoms with Gasteiger partial charge in [-0.2, -0.15) is 0 Å². The van der Waals surface area contributed by atoms with E-state index in [1.165, 1.54) is 30.3 Å². The topological polar surface area (TPSA) is 114 Å². The number of benzene rings is 2. The number of carbonyl (C=O) groups excluding carboxylic acids is 2. The Balaban J connectivity index is 1.45. The van der Waals surface area contributed by atoms with Crippen LogP contribution in [-0.4, -0.2) is 26.8 Å². The standard InChI is InChI=1S/C19H15N3O5S2/c23-17-11-27-16-8-7-14(10-15(16)21-17)20-19(24)12-3-5-13(6-4-12)22-29(25,26)18-2-1-9-28-18/h1-10,22H,11H2,(H,20,24)(H,21,23). The van der Waals surface area contributed by atoms with Crippen molar-refractivity contribution >= 4 is 50.2 Å². The number of ether oxygens (including phenoxy) is 1. The zero-order valence-corrected chi connectivity index (χ0v) is 16.5. The fraction of sp³-hybridized carbons (Fsp3) is 0.0526. The van der Waals surface area contributed by atoms with Gasteiger partial charge in [-0.25, -0.2) is 8.42 Å². The maximum absolute atomic E-state index is 12.5. The second-order valence-electron chi connectivity index (χ2n) is 6.12. The smallest absolute Gasteiger partial charge is 0.271 e. The number of hydrogen-bond donors (Lipinski definition) is 3. The van der Waals surface area contributed by atoms with Gasteiger partial charge in [-0.15, -0.1) is 11.3 Å². The van der Waals surface area contributed by atoms with Gasteiger partial charge in [-0.1, -0.05) is 6.07 Å². The third-order valence-electron chi connectivity index (χ3n) is 4.03. The van der Waals surface area contributed by atoms with Crippen LogP contribution >= 0.6 is 11.3 Å². The molecule has 29 heavy (non-hydrogen) atoms. The highest BCUT2D eigenvalue weighted by Gasteiger charge is 2.17. The Hall–Kier alpha value is -3.37. The van der Waals surface area contributed by atoms with E-state index < -0.39 is 10.0 Å². The van der Waals surface area contributed by atoms with Gasteiger partial charge in [-0.3, -0.25) is 14.3 Å². The average molecular weight is 429 g/mol. The number of rotatable bonds is 5. The molecule has 0 saturated carbocycles. The molecule has 1 aliphatic rings. The van der Waals surface area contributed by atoms with Crippen LogP contribution in [0.2, 0.25) is 0 Å². The molecule has 0 fully saturated rings. The van der Waals surface area contributed by atoms with E-state index >= 15 is 0 Å². The Morgan fingerprint density at radius 3 is 2.55 bits per heavy atom. The molecule has 0 radical (unpaired) electrons. The van der Waals surface area contributed by atoms with E-state index in [0.29, 0.717) is 28.4 Å². The number of amides is 2. The molecule has 3 N–H and O–H groups in total. The summed E-state index contributed by atoms with van der Waals surface area (Å²) in [6.45, 7) is -0.0404. The molecule has 0 unspecified atom stereocenters. The van der Waals surface area contributed by atoms with E-state index in [2.05, 4.69) is 15.4 Å². The van der Waals surface area contributed by atoms with Gasteiger partial charge in [0.25, 0.3) is 21.8 Å². The highest BCUT2D eigenvalue weighted by atomic mass is 32.2. The molecule has 0 saturated heterocycles. The minimum atomic E-state index is -3.64. The van der Waals surface area contributed by atoms with Crippen molar-refractivity contribution in [2.24, 2.45) is 0 Å². The molecule has 2 aromatic carbocycles. The normalized spacial score (nSPS) is 13.0. The van der Waals surface area contributed by atoms with Gasteiger partial charge >= 0.3 is 0 Å². The Labute approximate surface area is 170 Å². The van der Waals surface area contributed by atoms with Crippen LogP contribution in [0, 0.1) is 0 Å². The molecule has 0 spiro atoms. The number of anilines is 3. The quantitative estimate of drug-likeness (QED) is 0.577. The van der Waals surface area contributed by atoms with Crippen LogP contribution in [0.25, 0.3) is 0 Å². The first-order chi connectivity index (χ1) is 13.9. The third kappa shape index (κ3) is 4.23. The van der Waals surface area contributed by atoms with Crippen molar-refractivity contribution in [2.75, 3.05) is 22.0 Å². The highest BCUT2D eigenvalue weighted by molar-refractivity contribution is 7.94. The third-order valence-corrected chi connectivity index (χ3v) is 6.81. The fourth-order valence-corrected chi connectivity index (χ4v) is 4.73. The SMILES string of the molecule is O=C1COc2ccc(NC(=O)c3ccc(NS(=O)(=O)c4cccs4)cc3)cc2N1. The minimum absolute atomic E-state index is 0.0404. The van der Waals surface area contributed by atoms with Gasteiger partial charge in [-0.05, 0) is 53.9 Å². The van der Waals surface area contributed by atoms with E-state index in [4.69, 9.17) is 4.74 Å². The molecule has 2 amide bonds. The van der Waals surface area contributed by atoms with Crippen molar-refractivity contribution < 1.29 is 22.7 Å². The molecule has 1 aliphatic heterocycles. The first-order valence-corrected chi connectivity index (χ1v) is 10.8. The molecular weight excluding hydrogens is 414 g/mol. The lowest BCUT2D eigenvalue weighted by molar-refractivity contribution is -0.118. The zero-order valence-electron chi connectivity index (χ0n) is 14.8. The number of hydrogen-bond acceptors (Lipinski definition) is 6. The zero-order chi connectivity index (χ0) is 20.4. The lowest BCUT2D eigenvalue weighted by Crippen LogP contribution is -2.25. The van der Waals surface area contributed by atoms with Gasteiger partial charge in [0, 0.05) is 16.9 Å². The van der Waals surface area contributed by atoms with Crippen LogP contribution in [0.15, 0.2) is 64.2 Å². The predicted molar refractivity (Wildman–Crippen MR) is 110 cm³/mol. The molecule has 10 heteroatoms. The number of fused-ring (bicyclic) bond motifs is 1. The molecule has 8 nitrogen and oxygen atoms in total. The monoisotopic (exact) mass is 429 g/mol. The van der Waals surface area contributed by atoms with E-state index in [1.54, 1.807) is 29.6 Å². The van der Waals surface area contributed by atoms with Crippen molar-refractivity contribution in [3.05, 3.63) is 65.5 Å². The van der Waals surface area contributed by atoms with Crippen LogP contribution in [-0.2, 0) is 14.8 Å². The number of carbonyl (C=O) groups is 2. The Kier molecular flexibility index (Phi) is 4.95. The maximum atomic E-state index is 12.5. The molecule has 148 valence electrons. The summed E-state index contributed by atoms with van der Waals surface area (Å²) in [6.07, 6.45) is 0. The number of sulfonamides is 1. The molecule has 0 bridgehead atoms. The Bertz CT molecular complexity index is 1170. The van der Waals surface area contributed by atoms with Crippen molar-refractivity contribution in [3.63, 3.8) is 0 Å². The number of thiophene rings is 1. The summed E-state index contributed by atoms with van der Waals surface area (Å²) in [5.74, 6) is -0.104. The molecule has 0 atom stereocenters. The van der Waals surface area contributed by atoms with Gasteiger partial charge in [0.15, 0.2) is 6.61 Å². The summed E-state index contributed by atoms with van der Waals surface area (Å²) in [6, 6.07) is 14.2. The van der Waals surface area contributed by atoms with E-state index in [9.17, 15) is 18.0 Å². The molecule has 4 rings (SSSR count). The first kappa shape index (κ1) is 19.0. The lowest BCUT2D eigenvalue weighted by Gasteiger charge is -2.18. The second-order valence-corrected chi connectivity index (χ2v) is 8.97. The maximum Gasteiger partial charge on any atom is 0.271 e. The highest BCUT2D eigenvalue weighted by Crippen LogP contribution is 2.30. The van der Waals surface area contributed by atoms with Crippen molar-refractivity contribution in [1.82, 2.24) is 0 Å².